The monoisotopic (exact) mass is 298 g/mol. The fourth-order valence-corrected chi connectivity index (χ4v) is 2.48. The highest BCUT2D eigenvalue weighted by molar-refractivity contribution is 7.80. The Hall–Kier alpha value is -1.53. The van der Waals surface area contributed by atoms with E-state index in [0.717, 1.165) is 17.0 Å². The second-order valence-electron chi connectivity index (χ2n) is 3.94. The summed E-state index contributed by atoms with van der Waals surface area (Å²) in [5.41, 5.74) is 5.39. The summed E-state index contributed by atoms with van der Waals surface area (Å²) >= 11 is 6.30. The molecule has 0 radical (unpaired) electrons. The first-order chi connectivity index (χ1) is 9.08. The molecule has 0 bridgehead atoms. The van der Waals surface area contributed by atoms with Gasteiger partial charge in [-0.3, -0.25) is 0 Å². The van der Waals surface area contributed by atoms with Gasteiger partial charge in [0.25, 0.3) is 0 Å². The largest absolute Gasteiger partial charge is 0.389 e. The second kappa shape index (κ2) is 6.08. The first-order valence-electron chi connectivity index (χ1n) is 5.63. The number of nitrogens with two attached hydrogens (primary N) is 1. The van der Waals surface area contributed by atoms with Gasteiger partial charge in [-0.25, -0.2) is 8.78 Å². The van der Waals surface area contributed by atoms with Crippen LogP contribution in [0, 0.1) is 11.6 Å². The summed E-state index contributed by atoms with van der Waals surface area (Å²) in [6.45, 7) is 0.459. The molecule has 0 spiro atoms. The zero-order valence-corrected chi connectivity index (χ0v) is 11.6. The molecule has 0 aliphatic rings. The molecule has 2 rings (SSSR count). The predicted octanol–water partition coefficient (Wildman–Crippen LogP) is 3.32. The van der Waals surface area contributed by atoms with E-state index in [9.17, 15) is 8.78 Å². The molecule has 100 valence electrons. The normalized spacial score (nSPS) is 10.4. The first kappa shape index (κ1) is 13.9. The molecule has 6 heteroatoms. The molecule has 0 fully saturated rings. The van der Waals surface area contributed by atoms with Crippen molar-refractivity contribution in [3.8, 4) is 0 Å². The highest BCUT2D eigenvalue weighted by atomic mass is 32.1. The Bertz CT molecular complexity index is 559. The Kier molecular flexibility index (Phi) is 4.44. The smallest absolute Gasteiger partial charge is 0.150 e. The van der Waals surface area contributed by atoms with Crippen molar-refractivity contribution in [2.24, 2.45) is 5.73 Å². The Morgan fingerprint density at radius 1 is 1.32 bits per heavy atom. The van der Waals surface area contributed by atoms with E-state index >= 15 is 0 Å². The average molecular weight is 298 g/mol. The number of nitrogens with one attached hydrogen (secondary N) is 1. The molecule has 0 amide bonds. The molecular weight excluding hydrogens is 286 g/mol. The Morgan fingerprint density at radius 3 is 2.53 bits per heavy atom. The van der Waals surface area contributed by atoms with E-state index in [1.807, 2.05) is 17.5 Å². The van der Waals surface area contributed by atoms with E-state index < -0.39 is 11.6 Å². The van der Waals surface area contributed by atoms with Crippen molar-refractivity contribution in [1.29, 1.82) is 0 Å². The third kappa shape index (κ3) is 3.48. The maximum Gasteiger partial charge on any atom is 0.150 e. The van der Waals surface area contributed by atoms with Crippen LogP contribution in [0.3, 0.4) is 0 Å². The average Bonchev–Trinajstić information content (AvgIpc) is 2.85. The number of thiophene rings is 1. The lowest BCUT2D eigenvalue weighted by molar-refractivity contribution is 0.587. The molecule has 2 nitrogen and oxygen atoms in total. The molecule has 2 aromatic rings. The summed E-state index contributed by atoms with van der Waals surface area (Å²) in [4.78, 5) is 1.14. The number of hydrogen-bond donors (Lipinski definition) is 2. The van der Waals surface area contributed by atoms with Gasteiger partial charge in [-0.2, -0.15) is 0 Å². The predicted molar refractivity (Wildman–Crippen MR) is 78.8 cm³/mol. The van der Waals surface area contributed by atoms with E-state index in [2.05, 4.69) is 5.32 Å². The Morgan fingerprint density at radius 2 is 2.00 bits per heavy atom. The van der Waals surface area contributed by atoms with Gasteiger partial charge in [0, 0.05) is 17.0 Å². The molecular formula is C13H12F2N2S2. The zero-order valence-electron chi connectivity index (χ0n) is 9.95. The van der Waals surface area contributed by atoms with Crippen LogP contribution in [0.15, 0.2) is 29.6 Å². The molecule has 1 aromatic carbocycles. The van der Waals surface area contributed by atoms with Gasteiger partial charge in [-0.15, -0.1) is 11.3 Å². The topological polar surface area (TPSA) is 38.0 Å². The van der Waals surface area contributed by atoms with Crippen LogP contribution in [-0.2, 0) is 6.42 Å². The number of hydrogen-bond acceptors (Lipinski definition) is 3. The number of rotatable bonds is 5. The summed E-state index contributed by atoms with van der Waals surface area (Å²) in [6, 6.07) is 6.20. The van der Waals surface area contributed by atoms with Crippen molar-refractivity contribution < 1.29 is 8.78 Å². The standard InChI is InChI=1S/C13H12F2N2S2/c14-10-6-8(13(16)18)7-11(15)12(10)17-4-3-9-2-1-5-19-9/h1-2,5-7,17H,3-4H2,(H2,16,18). The van der Waals surface area contributed by atoms with Crippen molar-refractivity contribution in [2.45, 2.75) is 6.42 Å². The Labute approximate surface area is 119 Å². The SMILES string of the molecule is NC(=S)c1cc(F)c(NCCc2cccs2)c(F)c1. The van der Waals surface area contributed by atoms with Crippen molar-refractivity contribution >= 4 is 34.2 Å². The lowest BCUT2D eigenvalue weighted by Gasteiger charge is -2.09. The van der Waals surface area contributed by atoms with Crippen LogP contribution in [0.5, 0.6) is 0 Å². The molecule has 0 unspecified atom stereocenters. The lowest BCUT2D eigenvalue weighted by atomic mass is 10.2. The highest BCUT2D eigenvalue weighted by Crippen LogP contribution is 2.21. The van der Waals surface area contributed by atoms with Gasteiger partial charge in [0.05, 0.1) is 0 Å². The maximum atomic E-state index is 13.7. The van der Waals surface area contributed by atoms with E-state index in [1.54, 1.807) is 11.3 Å². The van der Waals surface area contributed by atoms with Gasteiger partial charge in [0.15, 0.2) is 0 Å². The van der Waals surface area contributed by atoms with Gasteiger partial charge in [0.2, 0.25) is 0 Å². The van der Waals surface area contributed by atoms with Gasteiger partial charge < -0.3 is 11.1 Å². The van der Waals surface area contributed by atoms with Gasteiger partial charge in [-0.05, 0) is 30.0 Å². The van der Waals surface area contributed by atoms with E-state index in [-0.39, 0.29) is 16.2 Å². The second-order valence-corrected chi connectivity index (χ2v) is 5.41. The minimum atomic E-state index is -0.686. The number of anilines is 1. The maximum absolute atomic E-state index is 13.7. The van der Waals surface area contributed by atoms with Crippen molar-refractivity contribution in [3.05, 3.63) is 51.7 Å². The van der Waals surface area contributed by atoms with Crippen molar-refractivity contribution in [3.63, 3.8) is 0 Å². The Balaban J connectivity index is 2.06. The zero-order chi connectivity index (χ0) is 13.8. The molecule has 1 heterocycles. The molecule has 1 aromatic heterocycles. The molecule has 0 aliphatic heterocycles. The third-order valence-corrected chi connectivity index (χ3v) is 3.75. The number of thiocarbonyl (C=S) groups is 1. The van der Waals surface area contributed by atoms with Gasteiger partial charge in [-0.1, -0.05) is 18.3 Å². The van der Waals surface area contributed by atoms with Crippen LogP contribution >= 0.6 is 23.6 Å². The van der Waals surface area contributed by atoms with Crippen LogP contribution in [0.4, 0.5) is 14.5 Å². The molecule has 19 heavy (non-hydrogen) atoms. The van der Waals surface area contributed by atoms with Crippen molar-refractivity contribution in [2.75, 3.05) is 11.9 Å². The third-order valence-electron chi connectivity index (χ3n) is 2.58. The van der Waals surface area contributed by atoms with Gasteiger partial charge in [0.1, 0.15) is 22.3 Å². The fourth-order valence-electron chi connectivity index (χ4n) is 1.65. The molecule has 0 atom stereocenters. The lowest BCUT2D eigenvalue weighted by Crippen LogP contribution is -2.13. The first-order valence-corrected chi connectivity index (χ1v) is 6.92. The molecule has 3 N–H and O–H groups in total. The minimum absolute atomic E-state index is 0.0251. The molecule has 0 saturated carbocycles. The fraction of sp³-hybridized carbons (Fsp3) is 0.154. The highest BCUT2D eigenvalue weighted by Gasteiger charge is 2.12. The van der Waals surface area contributed by atoms with Gasteiger partial charge >= 0.3 is 0 Å². The molecule has 0 saturated heterocycles. The summed E-state index contributed by atoms with van der Waals surface area (Å²) in [5.74, 6) is -1.37. The van der Waals surface area contributed by atoms with E-state index in [4.69, 9.17) is 18.0 Å². The minimum Gasteiger partial charge on any atom is -0.389 e. The quantitative estimate of drug-likeness (QED) is 0.832. The van der Waals surface area contributed by atoms with Crippen LogP contribution in [0.2, 0.25) is 0 Å². The number of halogens is 2. The van der Waals surface area contributed by atoms with Crippen LogP contribution in [-0.4, -0.2) is 11.5 Å². The molecule has 0 aliphatic carbocycles. The van der Waals surface area contributed by atoms with Crippen molar-refractivity contribution in [1.82, 2.24) is 0 Å². The summed E-state index contributed by atoms with van der Waals surface area (Å²) in [6.07, 6.45) is 0.716. The van der Waals surface area contributed by atoms with E-state index in [0.29, 0.717) is 13.0 Å². The summed E-state index contributed by atoms with van der Waals surface area (Å²) in [7, 11) is 0. The van der Waals surface area contributed by atoms with E-state index in [1.165, 1.54) is 0 Å². The van der Waals surface area contributed by atoms with Crippen LogP contribution in [0.25, 0.3) is 0 Å². The van der Waals surface area contributed by atoms with Crippen LogP contribution in [0.1, 0.15) is 10.4 Å². The summed E-state index contributed by atoms with van der Waals surface area (Å²) < 4.78 is 27.4. The number of benzene rings is 1. The van der Waals surface area contributed by atoms with Crippen LogP contribution < -0.4 is 11.1 Å². The summed E-state index contributed by atoms with van der Waals surface area (Å²) in [5, 5.41) is 4.72.